The maximum absolute atomic E-state index is 13.1. The highest BCUT2D eigenvalue weighted by atomic mass is 16.7. The predicted octanol–water partition coefficient (Wildman–Crippen LogP) is 3.21. The minimum Gasteiger partial charge on any atom is -0.497 e. The standard InChI is InChI=1S/C20H24O6/c1-12-7-6-8-16(13-9-14(23-4)11-15(10-13)24-5)20(12)17(21)25-19(2,3)26-18(20)22/h6-7,9-12,16H,8H2,1-5H3/t12-,16-/m0/s1. The highest BCUT2D eigenvalue weighted by Crippen LogP contribution is 2.53. The molecule has 0 saturated carbocycles. The molecule has 1 fully saturated rings. The summed E-state index contributed by atoms with van der Waals surface area (Å²) in [6.45, 7) is 4.95. The number of carbonyl (C=O) groups excluding carboxylic acids is 2. The van der Waals surface area contributed by atoms with Gasteiger partial charge in [0.05, 0.1) is 14.2 Å². The first-order valence-corrected chi connectivity index (χ1v) is 8.61. The Labute approximate surface area is 153 Å². The van der Waals surface area contributed by atoms with Crippen molar-refractivity contribution in [1.82, 2.24) is 0 Å². The molecule has 6 nitrogen and oxygen atoms in total. The molecule has 0 amide bonds. The van der Waals surface area contributed by atoms with E-state index in [1.165, 1.54) is 0 Å². The van der Waals surface area contributed by atoms with Crippen LogP contribution >= 0.6 is 0 Å². The monoisotopic (exact) mass is 360 g/mol. The van der Waals surface area contributed by atoms with E-state index in [0.29, 0.717) is 17.9 Å². The maximum atomic E-state index is 13.1. The van der Waals surface area contributed by atoms with Crippen LogP contribution in [-0.4, -0.2) is 31.9 Å². The largest absolute Gasteiger partial charge is 0.497 e. The van der Waals surface area contributed by atoms with Gasteiger partial charge in [0, 0.05) is 31.7 Å². The third-order valence-electron chi connectivity index (χ3n) is 5.19. The van der Waals surface area contributed by atoms with Gasteiger partial charge in [0.1, 0.15) is 11.5 Å². The molecule has 1 aliphatic heterocycles. The van der Waals surface area contributed by atoms with Crippen molar-refractivity contribution in [3.63, 3.8) is 0 Å². The fourth-order valence-electron chi connectivity index (χ4n) is 3.88. The molecule has 1 heterocycles. The number of carbonyl (C=O) groups is 2. The van der Waals surface area contributed by atoms with E-state index in [4.69, 9.17) is 18.9 Å². The van der Waals surface area contributed by atoms with Crippen LogP contribution in [-0.2, 0) is 19.1 Å². The van der Waals surface area contributed by atoms with E-state index in [1.54, 1.807) is 34.1 Å². The molecule has 0 radical (unpaired) electrons. The third-order valence-corrected chi connectivity index (χ3v) is 5.19. The Morgan fingerprint density at radius 1 is 1.00 bits per heavy atom. The Morgan fingerprint density at radius 2 is 1.54 bits per heavy atom. The first kappa shape index (κ1) is 18.3. The van der Waals surface area contributed by atoms with Gasteiger partial charge in [-0.15, -0.1) is 0 Å². The van der Waals surface area contributed by atoms with Gasteiger partial charge in [-0.1, -0.05) is 19.1 Å². The second-order valence-electron chi connectivity index (χ2n) is 7.20. The van der Waals surface area contributed by atoms with E-state index in [1.807, 2.05) is 31.2 Å². The molecule has 1 spiro atoms. The summed E-state index contributed by atoms with van der Waals surface area (Å²) in [5, 5.41) is 0. The molecule has 140 valence electrons. The molecule has 0 aromatic heterocycles. The summed E-state index contributed by atoms with van der Waals surface area (Å²) in [5.41, 5.74) is -0.659. The number of hydrogen-bond acceptors (Lipinski definition) is 6. The number of rotatable bonds is 3. The van der Waals surface area contributed by atoms with Gasteiger partial charge >= 0.3 is 11.9 Å². The van der Waals surface area contributed by atoms with E-state index >= 15 is 0 Å². The van der Waals surface area contributed by atoms with Crippen molar-refractivity contribution in [1.29, 1.82) is 0 Å². The van der Waals surface area contributed by atoms with Crippen molar-refractivity contribution in [2.45, 2.75) is 38.9 Å². The molecule has 2 atom stereocenters. The number of ether oxygens (including phenoxy) is 4. The van der Waals surface area contributed by atoms with Crippen molar-refractivity contribution >= 4 is 11.9 Å². The zero-order valence-electron chi connectivity index (χ0n) is 15.7. The Kier molecular flexibility index (Phi) is 4.46. The summed E-state index contributed by atoms with van der Waals surface area (Å²) in [6.07, 6.45) is 4.35. The van der Waals surface area contributed by atoms with Crippen molar-refractivity contribution in [3.05, 3.63) is 35.9 Å². The lowest BCUT2D eigenvalue weighted by molar-refractivity contribution is -0.256. The molecule has 1 aliphatic carbocycles. The molecule has 3 rings (SSSR count). The summed E-state index contributed by atoms with van der Waals surface area (Å²) < 4.78 is 21.7. The normalized spacial score (nSPS) is 26.2. The Hall–Kier alpha value is -2.50. The number of hydrogen-bond donors (Lipinski definition) is 0. The SMILES string of the molecule is COc1cc(OC)cc([C@@H]2CC=C[C@H](C)C23C(=O)OC(C)(C)OC3=O)c1. The number of benzene rings is 1. The lowest BCUT2D eigenvalue weighted by Gasteiger charge is -2.47. The molecule has 6 heteroatoms. The van der Waals surface area contributed by atoms with Crippen LogP contribution in [0.5, 0.6) is 11.5 Å². The van der Waals surface area contributed by atoms with E-state index in [0.717, 1.165) is 5.56 Å². The van der Waals surface area contributed by atoms with Gasteiger partial charge in [0.25, 0.3) is 5.79 Å². The Bertz CT molecular complexity index is 721. The predicted molar refractivity (Wildman–Crippen MR) is 93.9 cm³/mol. The fraction of sp³-hybridized carbons (Fsp3) is 0.500. The first-order chi connectivity index (χ1) is 12.2. The highest BCUT2D eigenvalue weighted by molar-refractivity contribution is 6.03. The topological polar surface area (TPSA) is 71.1 Å². The van der Waals surface area contributed by atoms with E-state index < -0.39 is 29.1 Å². The summed E-state index contributed by atoms with van der Waals surface area (Å²) in [4.78, 5) is 26.2. The van der Waals surface area contributed by atoms with Crippen LogP contribution < -0.4 is 9.47 Å². The van der Waals surface area contributed by atoms with Crippen molar-refractivity contribution in [2.75, 3.05) is 14.2 Å². The molecule has 0 unspecified atom stereocenters. The average Bonchev–Trinajstić information content (AvgIpc) is 2.58. The Balaban J connectivity index is 2.16. The van der Waals surface area contributed by atoms with E-state index in [-0.39, 0.29) is 5.92 Å². The van der Waals surface area contributed by atoms with Gasteiger partial charge in [-0.3, -0.25) is 9.59 Å². The summed E-state index contributed by atoms with van der Waals surface area (Å²) in [5.74, 6) is -2.00. The minimum atomic E-state index is -1.43. The molecule has 2 aliphatic rings. The van der Waals surface area contributed by atoms with Crippen LogP contribution in [0.1, 0.15) is 38.7 Å². The zero-order chi connectivity index (χ0) is 19.1. The molecular weight excluding hydrogens is 336 g/mol. The number of allylic oxidation sites excluding steroid dienone is 2. The summed E-state index contributed by atoms with van der Waals surface area (Å²) in [7, 11) is 3.12. The van der Waals surface area contributed by atoms with E-state index in [2.05, 4.69) is 0 Å². The lowest BCUT2D eigenvalue weighted by atomic mass is 9.60. The number of esters is 2. The van der Waals surface area contributed by atoms with Gasteiger partial charge in [-0.25, -0.2) is 0 Å². The highest BCUT2D eigenvalue weighted by Gasteiger charge is 2.63. The molecule has 0 bridgehead atoms. The fourth-order valence-corrected chi connectivity index (χ4v) is 3.88. The first-order valence-electron chi connectivity index (χ1n) is 8.61. The van der Waals surface area contributed by atoms with Crippen molar-refractivity contribution in [2.24, 2.45) is 11.3 Å². The molecule has 1 aromatic rings. The molecular formula is C20H24O6. The van der Waals surface area contributed by atoms with Crippen molar-refractivity contribution < 1.29 is 28.5 Å². The second kappa shape index (κ2) is 6.34. The summed E-state index contributed by atoms with van der Waals surface area (Å²) in [6, 6.07) is 5.39. The smallest absolute Gasteiger partial charge is 0.328 e. The van der Waals surface area contributed by atoms with Crippen LogP contribution in [0.3, 0.4) is 0 Å². The van der Waals surface area contributed by atoms with Gasteiger partial charge in [-0.05, 0) is 24.1 Å². The average molecular weight is 360 g/mol. The third kappa shape index (κ3) is 2.73. The lowest BCUT2D eigenvalue weighted by Crippen LogP contribution is -2.59. The zero-order valence-corrected chi connectivity index (χ0v) is 15.7. The van der Waals surface area contributed by atoms with Gasteiger partial charge in [0.15, 0.2) is 5.41 Å². The van der Waals surface area contributed by atoms with Crippen LogP contribution in [0.15, 0.2) is 30.4 Å². The number of cyclic esters (lactones) is 2. The molecule has 1 saturated heterocycles. The van der Waals surface area contributed by atoms with Crippen molar-refractivity contribution in [3.8, 4) is 11.5 Å². The van der Waals surface area contributed by atoms with E-state index in [9.17, 15) is 9.59 Å². The number of methoxy groups -OCH3 is 2. The summed E-state index contributed by atoms with van der Waals surface area (Å²) >= 11 is 0. The Morgan fingerprint density at radius 3 is 2.04 bits per heavy atom. The maximum Gasteiger partial charge on any atom is 0.328 e. The van der Waals surface area contributed by atoms with Crippen LogP contribution in [0.25, 0.3) is 0 Å². The van der Waals surface area contributed by atoms with Crippen LogP contribution in [0, 0.1) is 11.3 Å². The van der Waals surface area contributed by atoms with Crippen LogP contribution in [0.4, 0.5) is 0 Å². The molecule has 26 heavy (non-hydrogen) atoms. The van der Waals surface area contributed by atoms with Crippen LogP contribution in [0.2, 0.25) is 0 Å². The van der Waals surface area contributed by atoms with Gasteiger partial charge in [0.2, 0.25) is 0 Å². The second-order valence-corrected chi connectivity index (χ2v) is 7.20. The van der Waals surface area contributed by atoms with Gasteiger partial charge in [-0.2, -0.15) is 0 Å². The molecule has 0 N–H and O–H groups in total. The van der Waals surface area contributed by atoms with Gasteiger partial charge < -0.3 is 18.9 Å². The minimum absolute atomic E-state index is 0.366. The molecule has 1 aromatic carbocycles. The quantitative estimate of drug-likeness (QED) is 0.468.